The number of hydrogen-bond donors (Lipinski definition) is 1. The predicted octanol–water partition coefficient (Wildman–Crippen LogP) is 8.19. The van der Waals surface area contributed by atoms with Gasteiger partial charge in [0.15, 0.2) is 0 Å². The average molecular weight is 382 g/mol. The number of unbranched alkanes of at least 4 members (excludes halogenated alkanes) is 13. The Morgan fingerprint density at radius 2 is 1.00 bits per heavy atom. The fourth-order valence-electron chi connectivity index (χ4n) is 3.81. The van der Waals surface area contributed by atoms with Crippen LogP contribution in [-0.2, 0) is 4.79 Å². The second-order valence-corrected chi connectivity index (χ2v) is 8.59. The summed E-state index contributed by atoms with van der Waals surface area (Å²) in [5.41, 5.74) is 0. The summed E-state index contributed by atoms with van der Waals surface area (Å²) in [6.07, 6.45) is 24.8. The SMILES string of the molecule is CCCCCCCCCCC(CCCCCCCC)CNC(=O)CCCC. The molecule has 0 saturated heterocycles. The Bertz CT molecular complexity index is 303. The van der Waals surface area contributed by atoms with E-state index in [4.69, 9.17) is 0 Å². The van der Waals surface area contributed by atoms with E-state index < -0.39 is 0 Å². The van der Waals surface area contributed by atoms with Gasteiger partial charge < -0.3 is 5.32 Å². The molecule has 0 fully saturated rings. The maximum Gasteiger partial charge on any atom is 0.220 e. The van der Waals surface area contributed by atoms with Crippen LogP contribution in [0.4, 0.5) is 0 Å². The molecule has 2 heteroatoms. The van der Waals surface area contributed by atoms with Crippen molar-refractivity contribution in [1.29, 1.82) is 0 Å². The molecule has 0 aliphatic heterocycles. The number of amides is 1. The van der Waals surface area contributed by atoms with Crippen LogP contribution in [0.25, 0.3) is 0 Å². The molecular weight excluding hydrogens is 330 g/mol. The topological polar surface area (TPSA) is 29.1 Å². The molecule has 0 radical (unpaired) electrons. The van der Waals surface area contributed by atoms with E-state index in [-0.39, 0.29) is 5.91 Å². The van der Waals surface area contributed by atoms with Gasteiger partial charge in [0.1, 0.15) is 0 Å². The van der Waals surface area contributed by atoms with Crippen LogP contribution >= 0.6 is 0 Å². The standard InChI is InChI=1S/C25H51NO/c1-4-7-10-12-14-15-17-19-21-24(20-18-16-13-11-8-5-2)23-26-25(27)22-9-6-3/h24H,4-23H2,1-3H3,(H,26,27). The third-order valence-electron chi connectivity index (χ3n) is 5.78. The molecule has 1 N–H and O–H groups in total. The van der Waals surface area contributed by atoms with Gasteiger partial charge in [-0.1, -0.05) is 117 Å². The second kappa shape index (κ2) is 21.8. The molecule has 162 valence electrons. The van der Waals surface area contributed by atoms with Crippen LogP contribution in [0, 0.1) is 5.92 Å². The summed E-state index contributed by atoms with van der Waals surface area (Å²) in [4.78, 5) is 11.9. The van der Waals surface area contributed by atoms with Crippen LogP contribution in [0.15, 0.2) is 0 Å². The minimum absolute atomic E-state index is 0.265. The van der Waals surface area contributed by atoms with Gasteiger partial charge in [-0.15, -0.1) is 0 Å². The van der Waals surface area contributed by atoms with Gasteiger partial charge in [-0.05, 0) is 25.2 Å². The maximum atomic E-state index is 11.9. The van der Waals surface area contributed by atoms with E-state index in [0.29, 0.717) is 12.3 Å². The van der Waals surface area contributed by atoms with Crippen molar-refractivity contribution in [1.82, 2.24) is 5.32 Å². The van der Waals surface area contributed by atoms with Crippen LogP contribution < -0.4 is 5.32 Å². The molecule has 1 amide bonds. The fourth-order valence-corrected chi connectivity index (χ4v) is 3.81. The monoisotopic (exact) mass is 381 g/mol. The fraction of sp³-hybridized carbons (Fsp3) is 0.960. The summed E-state index contributed by atoms with van der Waals surface area (Å²) < 4.78 is 0. The third kappa shape index (κ3) is 20.0. The van der Waals surface area contributed by atoms with Gasteiger partial charge in [0, 0.05) is 13.0 Å². The first kappa shape index (κ1) is 26.5. The van der Waals surface area contributed by atoms with Crippen molar-refractivity contribution < 1.29 is 4.79 Å². The summed E-state index contributed by atoms with van der Waals surface area (Å²) in [6, 6.07) is 0. The molecule has 1 unspecified atom stereocenters. The van der Waals surface area contributed by atoms with Gasteiger partial charge >= 0.3 is 0 Å². The predicted molar refractivity (Wildman–Crippen MR) is 121 cm³/mol. The van der Waals surface area contributed by atoms with Crippen molar-refractivity contribution in [2.75, 3.05) is 6.54 Å². The molecule has 27 heavy (non-hydrogen) atoms. The highest BCUT2D eigenvalue weighted by Gasteiger charge is 2.10. The van der Waals surface area contributed by atoms with Gasteiger partial charge in [-0.3, -0.25) is 4.79 Å². The normalized spacial score (nSPS) is 12.3. The number of carbonyl (C=O) groups is 1. The molecule has 0 aromatic rings. The zero-order valence-electron chi connectivity index (χ0n) is 19.1. The van der Waals surface area contributed by atoms with E-state index in [2.05, 4.69) is 26.1 Å². The highest BCUT2D eigenvalue weighted by molar-refractivity contribution is 5.75. The summed E-state index contributed by atoms with van der Waals surface area (Å²) in [5.74, 6) is 0.961. The highest BCUT2D eigenvalue weighted by Crippen LogP contribution is 2.19. The van der Waals surface area contributed by atoms with E-state index in [9.17, 15) is 4.79 Å². The minimum atomic E-state index is 0.265. The minimum Gasteiger partial charge on any atom is -0.356 e. The highest BCUT2D eigenvalue weighted by atomic mass is 16.1. The van der Waals surface area contributed by atoms with Crippen LogP contribution in [0.2, 0.25) is 0 Å². The number of carbonyl (C=O) groups excluding carboxylic acids is 1. The Morgan fingerprint density at radius 3 is 1.44 bits per heavy atom. The van der Waals surface area contributed by atoms with Crippen LogP contribution in [0.3, 0.4) is 0 Å². The van der Waals surface area contributed by atoms with E-state index >= 15 is 0 Å². The first-order valence-corrected chi connectivity index (χ1v) is 12.5. The second-order valence-electron chi connectivity index (χ2n) is 8.59. The van der Waals surface area contributed by atoms with Crippen molar-refractivity contribution in [3.63, 3.8) is 0 Å². The molecule has 1 atom stereocenters. The van der Waals surface area contributed by atoms with Crippen molar-refractivity contribution in [3.05, 3.63) is 0 Å². The molecule has 0 aliphatic rings. The van der Waals surface area contributed by atoms with Gasteiger partial charge in [-0.2, -0.15) is 0 Å². The van der Waals surface area contributed by atoms with E-state index in [1.807, 2.05) is 0 Å². The first-order valence-electron chi connectivity index (χ1n) is 12.5. The van der Waals surface area contributed by atoms with E-state index in [0.717, 1.165) is 19.4 Å². The Kier molecular flexibility index (Phi) is 21.3. The largest absolute Gasteiger partial charge is 0.356 e. The molecular formula is C25H51NO. The van der Waals surface area contributed by atoms with Crippen molar-refractivity contribution in [3.8, 4) is 0 Å². The Balaban J connectivity index is 3.91. The number of hydrogen-bond acceptors (Lipinski definition) is 1. The lowest BCUT2D eigenvalue weighted by Gasteiger charge is -2.18. The Hall–Kier alpha value is -0.530. The smallest absolute Gasteiger partial charge is 0.220 e. The van der Waals surface area contributed by atoms with Crippen molar-refractivity contribution >= 4 is 5.91 Å². The van der Waals surface area contributed by atoms with E-state index in [1.165, 1.54) is 103 Å². The van der Waals surface area contributed by atoms with Crippen LogP contribution in [0.1, 0.15) is 143 Å². The molecule has 0 saturated carbocycles. The summed E-state index contributed by atoms with van der Waals surface area (Å²) in [7, 11) is 0. The van der Waals surface area contributed by atoms with Crippen LogP contribution in [-0.4, -0.2) is 12.5 Å². The Labute approximate surface area is 171 Å². The van der Waals surface area contributed by atoms with Gasteiger partial charge in [0.25, 0.3) is 0 Å². The summed E-state index contributed by atoms with van der Waals surface area (Å²) in [5, 5.41) is 3.22. The summed E-state index contributed by atoms with van der Waals surface area (Å²) >= 11 is 0. The van der Waals surface area contributed by atoms with Gasteiger partial charge in [0.05, 0.1) is 0 Å². The quantitative estimate of drug-likeness (QED) is 0.199. The number of nitrogens with one attached hydrogen (secondary N) is 1. The lowest BCUT2D eigenvalue weighted by atomic mass is 9.94. The van der Waals surface area contributed by atoms with Crippen LogP contribution in [0.5, 0.6) is 0 Å². The van der Waals surface area contributed by atoms with Crippen molar-refractivity contribution in [2.45, 2.75) is 143 Å². The van der Waals surface area contributed by atoms with E-state index in [1.54, 1.807) is 0 Å². The molecule has 0 bridgehead atoms. The maximum absolute atomic E-state index is 11.9. The molecule has 0 aromatic heterocycles. The van der Waals surface area contributed by atoms with Crippen molar-refractivity contribution in [2.24, 2.45) is 5.92 Å². The molecule has 0 aliphatic carbocycles. The molecule has 0 heterocycles. The molecule has 2 nitrogen and oxygen atoms in total. The van der Waals surface area contributed by atoms with Gasteiger partial charge in [-0.25, -0.2) is 0 Å². The number of rotatable bonds is 21. The zero-order chi connectivity index (χ0) is 20.0. The van der Waals surface area contributed by atoms with Gasteiger partial charge in [0.2, 0.25) is 5.91 Å². The molecule has 0 spiro atoms. The lowest BCUT2D eigenvalue weighted by molar-refractivity contribution is -0.121. The zero-order valence-corrected chi connectivity index (χ0v) is 19.1. The summed E-state index contributed by atoms with van der Waals surface area (Å²) in [6.45, 7) is 7.62. The first-order chi connectivity index (χ1) is 13.2. The third-order valence-corrected chi connectivity index (χ3v) is 5.78. The molecule has 0 rings (SSSR count). The Morgan fingerprint density at radius 1 is 0.593 bits per heavy atom. The lowest BCUT2D eigenvalue weighted by Crippen LogP contribution is -2.29. The average Bonchev–Trinajstić information content (AvgIpc) is 2.68. The molecule has 0 aromatic carbocycles.